The Kier molecular flexibility index (Phi) is 5.58. The Hall–Kier alpha value is -2.08. The Bertz CT molecular complexity index is 662. The van der Waals surface area contributed by atoms with E-state index in [0.717, 1.165) is 43.0 Å². The summed E-state index contributed by atoms with van der Waals surface area (Å²) in [4.78, 5) is 16.6. The number of hydrogen-bond donors (Lipinski definition) is 0. The third-order valence-electron chi connectivity index (χ3n) is 4.91. The molecule has 136 valence electrons. The number of carbonyl (C=O) groups excluding carboxylic acids is 1. The van der Waals surface area contributed by atoms with Crippen LogP contribution >= 0.6 is 0 Å². The Morgan fingerprint density at radius 2 is 2.12 bits per heavy atom. The highest BCUT2D eigenvalue weighted by molar-refractivity contribution is 5.79. The van der Waals surface area contributed by atoms with Gasteiger partial charge in [0.2, 0.25) is 5.91 Å². The second kappa shape index (κ2) is 7.87. The summed E-state index contributed by atoms with van der Waals surface area (Å²) < 4.78 is 24.3. The SMILES string of the molecule is COc1ccc(OC)c([C@H]2CCCN2C(=O)CN2CCC=C(F)C2)c1. The molecule has 25 heavy (non-hydrogen) atoms. The molecule has 0 N–H and O–H groups in total. The van der Waals surface area contributed by atoms with Gasteiger partial charge in [0.05, 0.1) is 33.4 Å². The minimum atomic E-state index is -0.147. The van der Waals surface area contributed by atoms with Gasteiger partial charge in [-0.3, -0.25) is 9.69 Å². The van der Waals surface area contributed by atoms with Gasteiger partial charge in [-0.2, -0.15) is 0 Å². The number of halogens is 1. The smallest absolute Gasteiger partial charge is 0.237 e. The number of ether oxygens (including phenoxy) is 2. The van der Waals surface area contributed by atoms with E-state index in [2.05, 4.69) is 0 Å². The standard InChI is InChI=1S/C19H25FN2O3/c1-24-15-7-8-18(25-2)16(11-15)17-6-4-10-22(17)19(23)13-21-9-3-5-14(20)12-21/h5,7-8,11,17H,3-4,6,9-10,12-13H2,1-2H3/t17-/m1/s1. The van der Waals surface area contributed by atoms with Gasteiger partial charge >= 0.3 is 0 Å². The van der Waals surface area contributed by atoms with Crippen molar-refractivity contribution >= 4 is 5.91 Å². The van der Waals surface area contributed by atoms with Crippen LogP contribution in [0.15, 0.2) is 30.1 Å². The number of carbonyl (C=O) groups is 1. The lowest BCUT2D eigenvalue weighted by molar-refractivity contribution is -0.133. The minimum absolute atomic E-state index is 0.0253. The fourth-order valence-corrected chi connectivity index (χ4v) is 3.67. The Morgan fingerprint density at radius 1 is 1.28 bits per heavy atom. The van der Waals surface area contributed by atoms with E-state index in [1.807, 2.05) is 28.0 Å². The van der Waals surface area contributed by atoms with Crippen molar-refractivity contribution in [3.63, 3.8) is 0 Å². The molecule has 1 aromatic rings. The predicted molar refractivity (Wildman–Crippen MR) is 93.5 cm³/mol. The van der Waals surface area contributed by atoms with Crippen molar-refractivity contribution in [3.05, 3.63) is 35.7 Å². The van der Waals surface area contributed by atoms with Gasteiger partial charge in [0, 0.05) is 18.7 Å². The maximum atomic E-state index is 13.4. The number of rotatable bonds is 5. The maximum absolute atomic E-state index is 13.4. The third-order valence-corrected chi connectivity index (χ3v) is 4.91. The van der Waals surface area contributed by atoms with Gasteiger partial charge in [0.25, 0.3) is 0 Å². The number of amides is 1. The first kappa shape index (κ1) is 17.7. The first-order valence-corrected chi connectivity index (χ1v) is 8.70. The van der Waals surface area contributed by atoms with Crippen molar-refractivity contribution in [1.29, 1.82) is 0 Å². The van der Waals surface area contributed by atoms with Crippen molar-refractivity contribution in [3.8, 4) is 11.5 Å². The zero-order valence-electron chi connectivity index (χ0n) is 14.8. The van der Waals surface area contributed by atoms with E-state index in [1.54, 1.807) is 20.3 Å². The van der Waals surface area contributed by atoms with Gasteiger partial charge in [-0.05, 0) is 37.5 Å². The van der Waals surface area contributed by atoms with Crippen LogP contribution in [0.1, 0.15) is 30.9 Å². The fourth-order valence-electron chi connectivity index (χ4n) is 3.67. The normalized spacial score (nSPS) is 21.2. The van der Waals surface area contributed by atoms with Gasteiger partial charge in [-0.15, -0.1) is 0 Å². The molecule has 1 saturated heterocycles. The summed E-state index contributed by atoms with van der Waals surface area (Å²) in [5, 5.41) is 0. The third kappa shape index (κ3) is 3.95. The van der Waals surface area contributed by atoms with Gasteiger partial charge in [0.15, 0.2) is 0 Å². The quantitative estimate of drug-likeness (QED) is 0.820. The molecule has 0 bridgehead atoms. The van der Waals surface area contributed by atoms with Gasteiger partial charge in [-0.25, -0.2) is 4.39 Å². The molecule has 3 rings (SSSR count). The predicted octanol–water partition coefficient (Wildman–Crippen LogP) is 2.93. The van der Waals surface area contributed by atoms with Crippen LogP contribution in [0.3, 0.4) is 0 Å². The first-order chi connectivity index (χ1) is 12.1. The number of benzene rings is 1. The Labute approximate surface area is 148 Å². The molecule has 0 aliphatic carbocycles. The summed E-state index contributed by atoms with van der Waals surface area (Å²) in [5.74, 6) is 1.41. The molecule has 2 heterocycles. The second-order valence-electron chi connectivity index (χ2n) is 6.50. The van der Waals surface area contributed by atoms with E-state index < -0.39 is 0 Å². The number of likely N-dealkylation sites (tertiary alicyclic amines) is 1. The van der Waals surface area contributed by atoms with Crippen molar-refractivity contribution in [1.82, 2.24) is 9.80 Å². The van der Waals surface area contributed by atoms with Gasteiger partial charge in [-0.1, -0.05) is 6.08 Å². The molecule has 0 spiro atoms. The van der Waals surface area contributed by atoms with Crippen molar-refractivity contribution in [2.45, 2.75) is 25.3 Å². The zero-order valence-corrected chi connectivity index (χ0v) is 14.8. The maximum Gasteiger partial charge on any atom is 0.237 e. The highest BCUT2D eigenvalue weighted by Gasteiger charge is 2.33. The van der Waals surface area contributed by atoms with Crippen LogP contribution in [0.5, 0.6) is 11.5 Å². The summed E-state index contributed by atoms with van der Waals surface area (Å²) in [5.41, 5.74) is 0.970. The van der Waals surface area contributed by atoms with Crippen LogP contribution in [0.2, 0.25) is 0 Å². The van der Waals surface area contributed by atoms with Crippen molar-refractivity contribution in [2.24, 2.45) is 0 Å². The Morgan fingerprint density at radius 3 is 2.84 bits per heavy atom. The number of methoxy groups -OCH3 is 2. The largest absolute Gasteiger partial charge is 0.497 e. The summed E-state index contributed by atoms with van der Waals surface area (Å²) in [6.45, 7) is 1.92. The fraction of sp³-hybridized carbons (Fsp3) is 0.526. The van der Waals surface area contributed by atoms with E-state index in [4.69, 9.17) is 9.47 Å². The first-order valence-electron chi connectivity index (χ1n) is 8.70. The van der Waals surface area contributed by atoms with E-state index >= 15 is 0 Å². The summed E-state index contributed by atoms with van der Waals surface area (Å²) in [6, 6.07) is 5.65. The lowest BCUT2D eigenvalue weighted by atomic mass is 10.0. The van der Waals surface area contributed by atoms with Crippen LogP contribution in [-0.4, -0.2) is 56.1 Å². The molecule has 6 heteroatoms. The molecule has 5 nitrogen and oxygen atoms in total. The summed E-state index contributed by atoms with van der Waals surface area (Å²) >= 11 is 0. The molecular weight excluding hydrogens is 323 g/mol. The molecular formula is C19H25FN2O3. The molecule has 2 aliphatic rings. The molecule has 1 amide bonds. The van der Waals surface area contributed by atoms with E-state index in [0.29, 0.717) is 6.42 Å². The van der Waals surface area contributed by atoms with Crippen LogP contribution < -0.4 is 9.47 Å². The second-order valence-corrected chi connectivity index (χ2v) is 6.50. The van der Waals surface area contributed by atoms with Gasteiger partial charge < -0.3 is 14.4 Å². The monoisotopic (exact) mass is 348 g/mol. The van der Waals surface area contributed by atoms with Crippen LogP contribution in [0.25, 0.3) is 0 Å². The highest BCUT2D eigenvalue weighted by atomic mass is 19.1. The average Bonchev–Trinajstić information content (AvgIpc) is 3.11. The molecule has 0 radical (unpaired) electrons. The molecule has 0 aromatic heterocycles. The Balaban J connectivity index is 1.76. The highest BCUT2D eigenvalue weighted by Crippen LogP contribution is 2.39. The molecule has 0 saturated carbocycles. The molecule has 2 aliphatic heterocycles. The lowest BCUT2D eigenvalue weighted by Gasteiger charge is -2.30. The van der Waals surface area contributed by atoms with Gasteiger partial charge in [0.1, 0.15) is 17.3 Å². The summed E-state index contributed by atoms with van der Waals surface area (Å²) in [7, 11) is 3.26. The van der Waals surface area contributed by atoms with Crippen LogP contribution in [-0.2, 0) is 4.79 Å². The minimum Gasteiger partial charge on any atom is -0.497 e. The van der Waals surface area contributed by atoms with Crippen molar-refractivity contribution < 1.29 is 18.7 Å². The zero-order chi connectivity index (χ0) is 17.8. The van der Waals surface area contributed by atoms with E-state index in [9.17, 15) is 9.18 Å². The van der Waals surface area contributed by atoms with E-state index in [1.165, 1.54) is 0 Å². The van der Waals surface area contributed by atoms with Crippen molar-refractivity contribution in [2.75, 3.05) is 40.4 Å². The molecule has 1 fully saturated rings. The van der Waals surface area contributed by atoms with Crippen LogP contribution in [0, 0.1) is 0 Å². The topological polar surface area (TPSA) is 42.0 Å². The lowest BCUT2D eigenvalue weighted by Crippen LogP contribution is -2.41. The number of nitrogens with zero attached hydrogens (tertiary/aromatic N) is 2. The average molecular weight is 348 g/mol. The molecule has 1 aromatic carbocycles. The van der Waals surface area contributed by atoms with E-state index in [-0.39, 0.29) is 30.9 Å². The van der Waals surface area contributed by atoms with Crippen LogP contribution in [0.4, 0.5) is 4.39 Å². The summed E-state index contributed by atoms with van der Waals surface area (Å²) in [6.07, 6.45) is 4.10. The number of hydrogen-bond acceptors (Lipinski definition) is 4. The molecule has 0 unspecified atom stereocenters. The molecule has 1 atom stereocenters.